The van der Waals surface area contributed by atoms with Gasteiger partial charge in [-0.15, -0.1) is 0 Å². The number of rotatable bonds is 2. The normalized spacial score (nSPS) is 24.1. The fraction of sp³-hybridized carbons (Fsp3) is 0.750. The number of allylic oxidation sites excluding steroid dienone is 2. The van der Waals surface area contributed by atoms with Crippen LogP contribution in [-0.2, 0) is 0 Å². The van der Waals surface area contributed by atoms with Crippen molar-refractivity contribution in [1.29, 1.82) is 0 Å². The van der Waals surface area contributed by atoms with Crippen LogP contribution in [0.25, 0.3) is 0 Å². The summed E-state index contributed by atoms with van der Waals surface area (Å²) in [7, 11) is -2.18. The topological polar surface area (TPSA) is 0 Å². The van der Waals surface area contributed by atoms with E-state index in [1.807, 2.05) is 0 Å². The molecule has 0 aromatic rings. The highest BCUT2D eigenvalue weighted by molar-refractivity contribution is 6.81. The van der Waals surface area contributed by atoms with Gasteiger partial charge in [0.2, 0.25) is 0 Å². The molecule has 0 aromatic heterocycles. The van der Waals surface area contributed by atoms with Crippen molar-refractivity contribution in [2.75, 3.05) is 0 Å². The number of hydrogen-bond acceptors (Lipinski definition) is 0. The average Bonchev–Trinajstić information content (AvgIpc) is 2.12. The molecule has 0 unspecified atom stereocenters. The first-order chi connectivity index (χ1) is 8.17. The third-order valence-electron chi connectivity index (χ3n) is 3.27. The van der Waals surface area contributed by atoms with Crippen molar-refractivity contribution in [3.63, 3.8) is 0 Å². The zero-order valence-electron chi connectivity index (χ0n) is 13.4. The average molecular weight is 281 g/mol. The second-order valence-corrected chi connectivity index (χ2v) is 18.0. The lowest BCUT2D eigenvalue weighted by Gasteiger charge is -2.23. The molecule has 0 heterocycles. The van der Waals surface area contributed by atoms with Gasteiger partial charge in [0, 0.05) is 0 Å². The summed E-state index contributed by atoms with van der Waals surface area (Å²) in [6, 6.07) is 0. The maximum Gasteiger partial charge on any atom is 0.0690 e. The minimum Gasteiger partial charge on any atom is -0.0916 e. The van der Waals surface area contributed by atoms with Crippen molar-refractivity contribution in [1.82, 2.24) is 0 Å². The summed E-state index contributed by atoms with van der Waals surface area (Å²) in [4.78, 5) is 0. The van der Waals surface area contributed by atoms with E-state index in [4.69, 9.17) is 0 Å². The molecular weight excluding hydrogens is 248 g/mol. The lowest BCUT2D eigenvalue weighted by Crippen LogP contribution is -2.20. The Bertz CT molecular complexity index is 290. The SMILES string of the molecule is C[Si](C)(C)C=C1CCCCCCC1=C[Si](C)(C)C. The standard InChI is InChI=1S/C16H32Si2/c1-17(2,3)13-15-11-9-7-8-10-12-16(15)14-18(4,5)6/h13-14H,7-12H2,1-6H3. The zero-order valence-corrected chi connectivity index (χ0v) is 15.4. The Morgan fingerprint density at radius 2 is 0.944 bits per heavy atom. The minimum atomic E-state index is -1.09. The predicted octanol–water partition coefficient (Wildman–Crippen LogP) is 5.95. The Hall–Kier alpha value is -0.0862. The summed E-state index contributed by atoms with van der Waals surface area (Å²) in [5.74, 6) is 0. The summed E-state index contributed by atoms with van der Waals surface area (Å²) >= 11 is 0. The third kappa shape index (κ3) is 6.74. The molecule has 0 spiro atoms. The van der Waals surface area contributed by atoms with Crippen LogP contribution in [0.4, 0.5) is 0 Å². The molecule has 0 nitrogen and oxygen atoms in total. The highest BCUT2D eigenvalue weighted by atomic mass is 28.3. The molecule has 1 saturated carbocycles. The van der Waals surface area contributed by atoms with Crippen LogP contribution in [0.1, 0.15) is 38.5 Å². The number of hydrogen-bond donors (Lipinski definition) is 0. The summed E-state index contributed by atoms with van der Waals surface area (Å²) in [5, 5.41) is 0. The lowest BCUT2D eigenvalue weighted by molar-refractivity contribution is 0.614. The van der Waals surface area contributed by atoms with E-state index < -0.39 is 16.1 Å². The van der Waals surface area contributed by atoms with Crippen LogP contribution in [0.2, 0.25) is 39.3 Å². The fourth-order valence-corrected chi connectivity index (χ4v) is 5.43. The molecule has 0 amide bonds. The fourth-order valence-electron chi connectivity index (χ4n) is 2.68. The molecule has 1 aliphatic carbocycles. The monoisotopic (exact) mass is 280 g/mol. The van der Waals surface area contributed by atoms with Gasteiger partial charge in [-0.1, -0.05) is 74.7 Å². The van der Waals surface area contributed by atoms with Crippen molar-refractivity contribution in [3.8, 4) is 0 Å². The molecule has 0 aliphatic heterocycles. The Balaban J connectivity index is 3.04. The quantitative estimate of drug-likeness (QED) is 0.548. The molecule has 18 heavy (non-hydrogen) atoms. The molecule has 1 fully saturated rings. The minimum absolute atomic E-state index is 1.09. The molecule has 0 radical (unpaired) electrons. The van der Waals surface area contributed by atoms with Crippen LogP contribution in [-0.4, -0.2) is 16.1 Å². The maximum absolute atomic E-state index is 2.67. The zero-order chi connectivity index (χ0) is 13.8. The van der Waals surface area contributed by atoms with E-state index in [2.05, 4.69) is 50.7 Å². The molecule has 104 valence electrons. The van der Waals surface area contributed by atoms with E-state index in [-0.39, 0.29) is 0 Å². The van der Waals surface area contributed by atoms with Crippen molar-refractivity contribution >= 4 is 16.1 Å². The maximum atomic E-state index is 2.67. The lowest BCUT2D eigenvalue weighted by atomic mass is 9.94. The van der Waals surface area contributed by atoms with Crippen LogP contribution < -0.4 is 0 Å². The van der Waals surface area contributed by atoms with Gasteiger partial charge in [0.15, 0.2) is 0 Å². The molecular formula is C16H32Si2. The van der Waals surface area contributed by atoms with E-state index in [0.29, 0.717) is 0 Å². The van der Waals surface area contributed by atoms with Crippen LogP contribution >= 0.6 is 0 Å². The molecule has 0 saturated heterocycles. The molecule has 2 heteroatoms. The van der Waals surface area contributed by atoms with Crippen molar-refractivity contribution < 1.29 is 0 Å². The van der Waals surface area contributed by atoms with Gasteiger partial charge in [-0.25, -0.2) is 0 Å². The molecule has 1 rings (SSSR count). The first-order valence-electron chi connectivity index (χ1n) is 7.61. The Kier molecular flexibility index (Phi) is 5.66. The first-order valence-corrected chi connectivity index (χ1v) is 14.8. The Morgan fingerprint density at radius 1 is 0.611 bits per heavy atom. The van der Waals surface area contributed by atoms with Crippen LogP contribution in [0.5, 0.6) is 0 Å². The summed E-state index contributed by atoms with van der Waals surface area (Å²) < 4.78 is 0. The summed E-state index contributed by atoms with van der Waals surface area (Å²) in [6.07, 6.45) is 8.34. The smallest absolute Gasteiger partial charge is 0.0690 e. The van der Waals surface area contributed by atoms with E-state index in [1.165, 1.54) is 38.5 Å². The van der Waals surface area contributed by atoms with Gasteiger partial charge in [-0.2, -0.15) is 0 Å². The summed E-state index contributed by atoms with van der Waals surface area (Å²) in [5.41, 5.74) is 8.78. The van der Waals surface area contributed by atoms with Gasteiger partial charge in [-0.05, 0) is 25.7 Å². The van der Waals surface area contributed by atoms with Crippen molar-refractivity contribution in [2.45, 2.75) is 77.8 Å². The highest BCUT2D eigenvalue weighted by Gasteiger charge is 2.18. The molecule has 0 N–H and O–H groups in total. The van der Waals surface area contributed by atoms with Gasteiger partial charge in [0.05, 0.1) is 16.1 Å². The van der Waals surface area contributed by atoms with Crippen molar-refractivity contribution in [2.24, 2.45) is 0 Å². The Labute approximate surface area is 117 Å². The van der Waals surface area contributed by atoms with Crippen LogP contribution in [0.3, 0.4) is 0 Å². The van der Waals surface area contributed by atoms with Gasteiger partial charge in [0.1, 0.15) is 0 Å². The van der Waals surface area contributed by atoms with Crippen LogP contribution in [0.15, 0.2) is 22.5 Å². The molecule has 0 aromatic carbocycles. The van der Waals surface area contributed by atoms with E-state index >= 15 is 0 Å². The molecule has 0 atom stereocenters. The molecule has 1 aliphatic rings. The molecule has 0 bridgehead atoms. The highest BCUT2D eigenvalue weighted by Crippen LogP contribution is 2.29. The largest absolute Gasteiger partial charge is 0.0916 e. The van der Waals surface area contributed by atoms with Crippen LogP contribution in [0, 0.1) is 0 Å². The van der Waals surface area contributed by atoms with E-state index in [1.54, 1.807) is 11.1 Å². The van der Waals surface area contributed by atoms with Crippen molar-refractivity contribution in [3.05, 3.63) is 22.5 Å². The third-order valence-corrected chi connectivity index (χ3v) is 5.70. The summed E-state index contributed by atoms with van der Waals surface area (Å²) in [6.45, 7) is 14.8. The van der Waals surface area contributed by atoms with Gasteiger partial charge >= 0.3 is 0 Å². The van der Waals surface area contributed by atoms with E-state index in [9.17, 15) is 0 Å². The van der Waals surface area contributed by atoms with Gasteiger partial charge in [-0.3, -0.25) is 0 Å². The predicted molar refractivity (Wildman–Crippen MR) is 90.6 cm³/mol. The van der Waals surface area contributed by atoms with Gasteiger partial charge < -0.3 is 0 Å². The van der Waals surface area contributed by atoms with Gasteiger partial charge in [0.25, 0.3) is 0 Å². The van der Waals surface area contributed by atoms with E-state index in [0.717, 1.165) is 0 Å². The second kappa shape index (κ2) is 6.38. The first kappa shape index (κ1) is 16.0. The second-order valence-electron chi connectivity index (χ2n) is 7.99. The Morgan fingerprint density at radius 3 is 1.22 bits per heavy atom.